The molecule has 19 aromatic rings. The van der Waals surface area contributed by atoms with Crippen molar-refractivity contribution in [1.29, 1.82) is 0 Å². The Morgan fingerprint density at radius 1 is 0.184 bits per heavy atom. The van der Waals surface area contributed by atoms with Gasteiger partial charge in [-0.1, -0.05) is 376 Å². The van der Waals surface area contributed by atoms with Gasteiger partial charge in [0.2, 0.25) is 0 Å². The molecule has 0 aliphatic carbocycles. The second kappa shape index (κ2) is 28.6. The average molecular weight is 1480 g/mol. The van der Waals surface area contributed by atoms with Crippen LogP contribution in [0.3, 0.4) is 0 Å². The van der Waals surface area contributed by atoms with Crippen LogP contribution in [0.5, 0.6) is 0 Å². The van der Waals surface area contributed by atoms with Gasteiger partial charge in [0.15, 0.2) is 16.1 Å². The SMILES string of the molecule is c1ccc(-c2cc(-c3ccccc3)cc(N3c4ccccc4B4c5c3cc(-c3ccc(-n6c7ccccc7c7ccccc76)cc3)cc5N(c3cc(-c5ccccc5)cc(-c5ccccc5)c3)c3cc([Si](c5ccccc5)(c5ccccc5)c5ccccc5)cc([Si](c5ccccc5)(c5ccccc5)c5ccccc5)c34)c2)cc1. The minimum atomic E-state index is -3.66. The highest BCUT2D eigenvalue weighted by atomic mass is 28.3. The van der Waals surface area contributed by atoms with Crippen LogP contribution in [0.4, 0.5) is 34.1 Å². The summed E-state index contributed by atoms with van der Waals surface area (Å²) in [6, 6.07) is 176. The number of benzene rings is 18. The summed E-state index contributed by atoms with van der Waals surface area (Å²) >= 11 is 0. The number of rotatable bonds is 16. The van der Waals surface area contributed by atoms with Crippen LogP contribution in [0.2, 0.25) is 0 Å². The zero-order valence-electron chi connectivity index (χ0n) is 62.8. The molecule has 0 unspecified atom stereocenters. The molecule has 534 valence electrons. The zero-order chi connectivity index (χ0) is 75.5. The quantitative estimate of drug-likeness (QED) is 0.0706. The van der Waals surface area contributed by atoms with Crippen LogP contribution in [-0.4, -0.2) is 27.4 Å². The molecule has 0 spiro atoms. The predicted molar refractivity (Wildman–Crippen MR) is 489 cm³/mol. The minimum Gasteiger partial charge on any atom is -0.311 e. The van der Waals surface area contributed by atoms with E-state index < -0.39 is 16.1 Å². The fourth-order valence-corrected chi connectivity index (χ4v) is 29.1. The maximum Gasteiger partial charge on any atom is 0.252 e. The molecule has 2 aliphatic heterocycles. The van der Waals surface area contributed by atoms with Gasteiger partial charge >= 0.3 is 0 Å². The van der Waals surface area contributed by atoms with Crippen LogP contribution in [0, 0.1) is 0 Å². The van der Waals surface area contributed by atoms with Gasteiger partial charge in [-0.3, -0.25) is 0 Å². The van der Waals surface area contributed by atoms with Crippen molar-refractivity contribution in [1.82, 2.24) is 4.57 Å². The van der Waals surface area contributed by atoms with E-state index in [2.05, 4.69) is 475 Å². The van der Waals surface area contributed by atoms with Crippen molar-refractivity contribution in [3.05, 3.63) is 461 Å². The molecule has 6 heteroatoms. The average Bonchev–Trinajstić information content (AvgIpc) is 0.956. The topological polar surface area (TPSA) is 11.4 Å². The first-order chi connectivity index (χ1) is 56.6. The molecule has 0 bridgehead atoms. The molecule has 1 aromatic heterocycles. The third-order valence-electron chi connectivity index (χ3n) is 24.0. The highest BCUT2D eigenvalue weighted by Gasteiger charge is 2.53. The molecule has 2 aliphatic rings. The third-order valence-corrected chi connectivity index (χ3v) is 33.6. The molecule has 0 saturated carbocycles. The monoisotopic (exact) mass is 1480 g/mol. The molecule has 3 heterocycles. The normalized spacial score (nSPS) is 12.3. The number of fused-ring (bicyclic) bond motifs is 7. The Bertz CT molecular complexity index is 6390. The first kappa shape index (κ1) is 67.9. The van der Waals surface area contributed by atoms with Crippen LogP contribution in [0.25, 0.3) is 83.1 Å². The van der Waals surface area contributed by atoms with E-state index in [9.17, 15) is 0 Å². The first-order valence-electron chi connectivity index (χ1n) is 39.6. The summed E-state index contributed by atoms with van der Waals surface area (Å²) in [5, 5.41) is 12.9. The van der Waals surface area contributed by atoms with Gasteiger partial charge in [0.1, 0.15) is 0 Å². The Hall–Kier alpha value is -14.1. The Labute approximate surface area is 668 Å². The van der Waals surface area contributed by atoms with Gasteiger partial charge in [-0.15, -0.1) is 0 Å². The summed E-state index contributed by atoms with van der Waals surface area (Å²) in [6.07, 6.45) is 0. The molecule has 0 fully saturated rings. The molecule has 114 heavy (non-hydrogen) atoms. The van der Waals surface area contributed by atoms with Crippen molar-refractivity contribution in [3.63, 3.8) is 0 Å². The van der Waals surface area contributed by atoms with Gasteiger partial charge in [-0.2, -0.15) is 0 Å². The lowest BCUT2D eigenvalue weighted by Gasteiger charge is -2.48. The Morgan fingerprint density at radius 2 is 0.482 bits per heavy atom. The lowest BCUT2D eigenvalue weighted by molar-refractivity contribution is 1.18. The van der Waals surface area contributed by atoms with Gasteiger partial charge in [-0.05, 0) is 198 Å². The molecular weight excluding hydrogens is 1410 g/mol. The summed E-state index contributed by atoms with van der Waals surface area (Å²) in [5.74, 6) is 0. The Morgan fingerprint density at radius 3 is 0.868 bits per heavy atom. The third kappa shape index (κ3) is 11.3. The van der Waals surface area contributed by atoms with E-state index in [0.29, 0.717) is 0 Å². The first-order valence-corrected chi connectivity index (χ1v) is 43.6. The van der Waals surface area contributed by atoms with E-state index in [4.69, 9.17) is 0 Å². The summed E-state index contributed by atoms with van der Waals surface area (Å²) in [5.41, 5.74) is 25.1. The molecule has 3 nitrogen and oxygen atoms in total. The highest BCUT2D eigenvalue weighted by molar-refractivity contribution is 7.24. The number of aromatic nitrogens is 1. The maximum atomic E-state index is 2.80. The molecular formula is C108H76BN3Si2. The number of anilines is 6. The lowest BCUT2D eigenvalue weighted by atomic mass is 9.33. The molecule has 0 N–H and O–H groups in total. The molecule has 0 radical (unpaired) electrons. The van der Waals surface area contributed by atoms with E-state index in [1.807, 2.05) is 0 Å². The predicted octanol–water partition coefficient (Wildman–Crippen LogP) is 20.0. The molecule has 21 rings (SSSR count). The van der Waals surface area contributed by atoms with Crippen LogP contribution < -0.4 is 67.7 Å². The smallest absolute Gasteiger partial charge is 0.252 e. The van der Waals surface area contributed by atoms with E-state index in [0.717, 1.165) is 95.4 Å². The fourth-order valence-electron chi connectivity index (χ4n) is 19.1. The summed E-state index contributed by atoms with van der Waals surface area (Å²) in [7, 11) is -7.15. The van der Waals surface area contributed by atoms with E-state index in [1.54, 1.807) is 0 Å². The van der Waals surface area contributed by atoms with Crippen molar-refractivity contribution in [2.75, 3.05) is 9.80 Å². The van der Waals surface area contributed by atoms with Gasteiger partial charge in [0, 0.05) is 50.6 Å². The maximum absolute atomic E-state index is 3.66. The van der Waals surface area contributed by atoms with E-state index >= 15 is 0 Å². The van der Waals surface area contributed by atoms with Crippen molar-refractivity contribution in [2.24, 2.45) is 0 Å². The largest absolute Gasteiger partial charge is 0.311 e. The van der Waals surface area contributed by atoms with Crippen molar-refractivity contribution in [2.45, 2.75) is 0 Å². The standard InChI is InChI=1S/C108H76BN3Si2/c1-11-37-77(38-12-1)82-67-83(78-39-13-2-14-40-78)70-88(69-82)111-102-62-36-33-59-99(102)109-107-103(111)73-86(81-63-65-87(66-64-81)110-100-60-34-31-57-97(100)98-58-32-35-61-101(98)110)74-104(107)112(89-71-84(79-41-15-3-16-42-79)68-85(72-89)80-43-17-4-18-44-80)105-75-96(113(90-45-19-5-20-46-90,91-47-21-6-22-48-91)92-49-23-7-24-50-92)76-106(108(105)109)114(93-51-25-8-26-52-93,94-53-27-9-28-54-94)95-55-29-10-30-56-95/h1-76H. The summed E-state index contributed by atoms with van der Waals surface area (Å²) < 4.78 is 2.43. The fraction of sp³-hybridized carbons (Fsp3) is 0. The Balaban J connectivity index is 0.967. The highest BCUT2D eigenvalue weighted by Crippen LogP contribution is 2.49. The summed E-state index contributed by atoms with van der Waals surface area (Å²) in [6.45, 7) is -0.342. The second-order valence-electron chi connectivity index (χ2n) is 30.2. The Kier molecular flexibility index (Phi) is 17.1. The van der Waals surface area contributed by atoms with Crippen molar-refractivity contribution >= 4 is 137 Å². The van der Waals surface area contributed by atoms with Gasteiger partial charge in [-0.25, -0.2) is 0 Å². The van der Waals surface area contributed by atoms with Gasteiger partial charge < -0.3 is 14.4 Å². The summed E-state index contributed by atoms with van der Waals surface area (Å²) in [4.78, 5) is 5.40. The van der Waals surface area contributed by atoms with Gasteiger partial charge in [0.25, 0.3) is 6.71 Å². The van der Waals surface area contributed by atoms with E-state index in [1.165, 1.54) is 79.7 Å². The van der Waals surface area contributed by atoms with Crippen LogP contribution in [0.15, 0.2) is 461 Å². The second-order valence-corrected chi connectivity index (χ2v) is 37.7. The van der Waals surface area contributed by atoms with E-state index in [-0.39, 0.29) is 6.71 Å². The minimum absolute atomic E-state index is 0.342. The van der Waals surface area contributed by atoms with Gasteiger partial charge in [0.05, 0.1) is 11.0 Å². The van der Waals surface area contributed by atoms with Crippen molar-refractivity contribution < 1.29 is 0 Å². The molecule has 0 atom stereocenters. The number of hydrogen-bond donors (Lipinski definition) is 0. The van der Waals surface area contributed by atoms with Crippen LogP contribution in [-0.2, 0) is 0 Å². The molecule has 18 aromatic carbocycles. The number of para-hydroxylation sites is 3. The number of hydrogen-bond acceptors (Lipinski definition) is 2. The number of nitrogens with zero attached hydrogens (tertiary/aromatic N) is 3. The van der Waals surface area contributed by atoms with Crippen LogP contribution in [0.1, 0.15) is 0 Å². The van der Waals surface area contributed by atoms with Crippen molar-refractivity contribution in [3.8, 4) is 61.3 Å². The van der Waals surface area contributed by atoms with Crippen LogP contribution >= 0.6 is 0 Å². The zero-order valence-corrected chi connectivity index (χ0v) is 64.8. The molecule has 0 amide bonds. The lowest BCUT2D eigenvalue weighted by Crippen LogP contribution is -2.82. The molecule has 0 saturated heterocycles.